The molecule has 21 heavy (non-hydrogen) atoms. The zero-order valence-corrected chi connectivity index (χ0v) is 11.7. The van der Waals surface area contributed by atoms with E-state index in [-0.39, 0.29) is 6.61 Å². The monoisotopic (exact) mass is 287 g/mol. The van der Waals surface area contributed by atoms with E-state index in [0.717, 1.165) is 11.5 Å². The molecule has 0 saturated carbocycles. The standard InChI is InChI=1S/C15H17N3O3/c1-11-5-15(21-18-11)9-17-8-13(19)10-20-14-4-2-3-12(6-14)7-16/h2-6,13,17,19H,8-10H2,1H3. The predicted octanol–water partition coefficient (Wildman–Crippen LogP) is 1.38. The Kier molecular flexibility index (Phi) is 5.32. The maximum Gasteiger partial charge on any atom is 0.150 e. The molecule has 1 aromatic heterocycles. The zero-order chi connectivity index (χ0) is 15.1. The molecular formula is C15H17N3O3. The molecule has 1 aromatic carbocycles. The number of aliphatic hydroxyl groups excluding tert-OH is 1. The molecule has 0 aliphatic rings. The Morgan fingerprint density at radius 2 is 2.33 bits per heavy atom. The molecule has 1 unspecified atom stereocenters. The summed E-state index contributed by atoms with van der Waals surface area (Å²) in [6.07, 6.45) is -0.653. The molecule has 110 valence electrons. The van der Waals surface area contributed by atoms with Crippen molar-refractivity contribution in [3.05, 3.63) is 47.3 Å². The third-order valence-corrected chi connectivity index (χ3v) is 2.76. The summed E-state index contributed by atoms with van der Waals surface area (Å²) in [5.74, 6) is 1.29. The molecule has 1 heterocycles. The lowest BCUT2D eigenvalue weighted by molar-refractivity contribution is 0.105. The van der Waals surface area contributed by atoms with Crippen LogP contribution < -0.4 is 10.1 Å². The van der Waals surface area contributed by atoms with Gasteiger partial charge < -0.3 is 19.7 Å². The van der Waals surface area contributed by atoms with E-state index in [0.29, 0.717) is 24.4 Å². The maximum absolute atomic E-state index is 9.82. The van der Waals surface area contributed by atoms with Crippen LogP contribution in [0.1, 0.15) is 17.0 Å². The summed E-state index contributed by atoms with van der Waals surface area (Å²) in [6.45, 7) is 2.88. The molecule has 6 heteroatoms. The van der Waals surface area contributed by atoms with E-state index in [1.54, 1.807) is 24.3 Å². The minimum atomic E-state index is -0.653. The molecule has 0 spiro atoms. The quantitative estimate of drug-likeness (QED) is 0.799. The lowest BCUT2D eigenvalue weighted by Gasteiger charge is -2.12. The molecule has 0 radical (unpaired) electrons. The number of aromatic nitrogens is 1. The van der Waals surface area contributed by atoms with E-state index in [1.807, 2.05) is 19.1 Å². The molecular weight excluding hydrogens is 270 g/mol. The van der Waals surface area contributed by atoms with Crippen molar-refractivity contribution < 1.29 is 14.4 Å². The van der Waals surface area contributed by atoms with Crippen molar-refractivity contribution in [2.24, 2.45) is 0 Å². The van der Waals surface area contributed by atoms with Crippen molar-refractivity contribution in [2.75, 3.05) is 13.2 Å². The molecule has 1 atom stereocenters. The summed E-state index contributed by atoms with van der Waals surface area (Å²) in [4.78, 5) is 0. The van der Waals surface area contributed by atoms with Crippen LogP contribution >= 0.6 is 0 Å². The first kappa shape index (κ1) is 15.0. The summed E-state index contributed by atoms with van der Waals surface area (Å²) in [7, 11) is 0. The van der Waals surface area contributed by atoms with Gasteiger partial charge in [-0.25, -0.2) is 0 Å². The van der Waals surface area contributed by atoms with Crippen LogP contribution in [0.4, 0.5) is 0 Å². The molecule has 0 aliphatic carbocycles. The zero-order valence-electron chi connectivity index (χ0n) is 11.7. The van der Waals surface area contributed by atoms with Crippen molar-refractivity contribution in [1.82, 2.24) is 10.5 Å². The average Bonchev–Trinajstić information content (AvgIpc) is 2.91. The summed E-state index contributed by atoms with van der Waals surface area (Å²) < 4.78 is 10.5. The van der Waals surface area contributed by atoms with Gasteiger partial charge in [0.1, 0.15) is 18.5 Å². The van der Waals surface area contributed by atoms with Gasteiger partial charge in [-0.2, -0.15) is 5.26 Å². The summed E-state index contributed by atoms with van der Waals surface area (Å²) in [5.41, 5.74) is 1.36. The number of nitrogens with zero attached hydrogens (tertiary/aromatic N) is 2. The fourth-order valence-corrected chi connectivity index (χ4v) is 1.77. The summed E-state index contributed by atoms with van der Waals surface area (Å²) in [5, 5.41) is 25.4. The van der Waals surface area contributed by atoms with Crippen LogP contribution in [-0.2, 0) is 6.54 Å². The van der Waals surface area contributed by atoms with E-state index in [9.17, 15) is 5.11 Å². The van der Waals surface area contributed by atoms with Gasteiger partial charge in [-0.15, -0.1) is 0 Å². The van der Waals surface area contributed by atoms with Crippen LogP contribution in [0.2, 0.25) is 0 Å². The smallest absolute Gasteiger partial charge is 0.150 e. The number of ether oxygens (including phenoxy) is 1. The normalized spacial score (nSPS) is 11.9. The van der Waals surface area contributed by atoms with Gasteiger partial charge in [0, 0.05) is 12.6 Å². The predicted molar refractivity (Wildman–Crippen MR) is 75.6 cm³/mol. The van der Waals surface area contributed by atoms with Gasteiger partial charge in [0.2, 0.25) is 0 Å². The molecule has 0 fully saturated rings. The van der Waals surface area contributed by atoms with Crippen LogP contribution in [-0.4, -0.2) is 29.5 Å². The summed E-state index contributed by atoms with van der Waals surface area (Å²) in [6, 6.07) is 10.7. The molecule has 2 rings (SSSR count). The number of nitriles is 1. The Hall–Kier alpha value is -2.36. The first-order valence-electron chi connectivity index (χ1n) is 6.61. The highest BCUT2D eigenvalue weighted by Gasteiger charge is 2.07. The van der Waals surface area contributed by atoms with Crippen LogP contribution in [0, 0.1) is 18.3 Å². The highest BCUT2D eigenvalue weighted by Crippen LogP contribution is 2.12. The van der Waals surface area contributed by atoms with Crippen LogP contribution in [0.3, 0.4) is 0 Å². The Bertz CT molecular complexity index is 619. The number of aryl methyl sites for hydroxylation is 1. The average molecular weight is 287 g/mol. The lowest BCUT2D eigenvalue weighted by Crippen LogP contribution is -2.31. The van der Waals surface area contributed by atoms with Gasteiger partial charge in [0.25, 0.3) is 0 Å². The third-order valence-electron chi connectivity index (χ3n) is 2.76. The van der Waals surface area contributed by atoms with Crippen molar-refractivity contribution in [3.8, 4) is 11.8 Å². The fraction of sp³-hybridized carbons (Fsp3) is 0.333. The second-order valence-electron chi connectivity index (χ2n) is 4.67. The second-order valence-corrected chi connectivity index (χ2v) is 4.67. The van der Waals surface area contributed by atoms with Crippen LogP contribution in [0.15, 0.2) is 34.9 Å². The third kappa shape index (κ3) is 4.91. The Morgan fingerprint density at radius 3 is 3.05 bits per heavy atom. The van der Waals surface area contributed by atoms with Gasteiger partial charge in [-0.3, -0.25) is 0 Å². The van der Waals surface area contributed by atoms with Crippen molar-refractivity contribution in [3.63, 3.8) is 0 Å². The van der Waals surface area contributed by atoms with Gasteiger partial charge in [0.05, 0.1) is 23.9 Å². The second kappa shape index (κ2) is 7.43. The van der Waals surface area contributed by atoms with E-state index in [4.69, 9.17) is 14.5 Å². The van der Waals surface area contributed by atoms with E-state index in [1.165, 1.54) is 0 Å². The van der Waals surface area contributed by atoms with Crippen molar-refractivity contribution in [1.29, 1.82) is 5.26 Å². The largest absolute Gasteiger partial charge is 0.491 e. The molecule has 0 saturated heterocycles. The van der Waals surface area contributed by atoms with Gasteiger partial charge in [-0.1, -0.05) is 11.2 Å². The SMILES string of the molecule is Cc1cc(CNCC(O)COc2cccc(C#N)c2)on1. The van der Waals surface area contributed by atoms with Gasteiger partial charge in [0.15, 0.2) is 5.76 Å². The number of rotatable bonds is 7. The highest BCUT2D eigenvalue weighted by molar-refractivity contribution is 5.36. The lowest BCUT2D eigenvalue weighted by atomic mass is 10.2. The molecule has 0 aliphatic heterocycles. The number of nitrogens with one attached hydrogen (secondary N) is 1. The summed E-state index contributed by atoms with van der Waals surface area (Å²) >= 11 is 0. The molecule has 2 aromatic rings. The van der Waals surface area contributed by atoms with Crippen LogP contribution in [0.25, 0.3) is 0 Å². The Labute approximate surface area is 122 Å². The van der Waals surface area contributed by atoms with Gasteiger partial charge >= 0.3 is 0 Å². The molecule has 6 nitrogen and oxygen atoms in total. The van der Waals surface area contributed by atoms with E-state index in [2.05, 4.69) is 10.5 Å². The number of benzene rings is 1. The van der Waals surface area contributed by atoms with E-state index < -0.39 is 6.10 Å². The molecule has 2 N–H and O–H groups in total. The Balaban J connectivity index is 1.69. The minimum absolute atomic E-state index is 0.150. The molecule has 0 amide bonds. The topological polar surface area (TPSA) is 91.3 Å². The van der Waals surface area contributed by atoms with Crippen molar-refractivity contribution in [2.45, 2.75) is 19.6 Å². The first-order valence-corrected chi connectivity index (χ1v) is 6.61. The highest BCUT2D eigenvalue weighted by atomic mass is 16.5. The first-order chi connectivity index (χ1) is 10.2. The van der Waals surface area contributed by atoms with Gasteiger partial charge in [-0.05, 0) is 25.1 Å². The molecule has 0 bridgehead atoms. The number of aliphatic hydroxyl groups is 1. The fourth-order valence-electron chi connectivity index (χ4n) is 1.77. The number of hydrogen-bond donors (Lipinski definition) is 2. The Morgan fingerprint density at radius 1 is 1.48 bits per heavy atom. The maximum atomic E-state index is 9.82. The van der Waals surface area contributed by atoms with Crippen LogP contribution in [0.5, 0.6) is 5.75 Å². The van der Waals surface area contributed by atoms with E-state index >= 15 is 0 Å². The number of hydrogen-bond acceptors (Lipinski definition) is 6. The minimum Gasteiger partial charge on any atom is -0.491 e. The van der Waals surface area contributed by atoms with Crippen molar-refractivity contribution >= 4 is 0 Å².